The van der Waals surface area contributed by atoms with E-state index < -0.39 is 0 Å². The summed E-state index contributed by atoms with van der Waals surface area (Å²) in [5, 5.41) is 4.22. The molecule has 3 nitrogen and oxygen atoms in total. The van der Waals surface area contributed by atoms with Crippen LogP contribution >= 0.6 is 27.5 Å². The van der Waals surface area contributed by atoms with E-state index >= 15 is 0 Å². The molecular formula is C15H19BrClN3. The molecule has 0 aliphatic heterocycles. The predicted octanol–water partition coefficient (Wildman–Crippen LogP) is 4.41. The van der Waals surface area contributed by atoms with Crippen LogP contribution in [-0.4, -0.2) is 16.1 Å². The van der Waals surface area contributed by atoms with E-state index in [2.05, 4.69) is 44.6 Å². The van der Waals surface area contributed by atoms with Gasteiger partial charge >= 0.3 is 0 Å². The minimum atomic E-state index is 0.00606. The zero-order valence-electron chi connectivity index (χ0n) is 11.7. The van der Waals surface area contributed by atoms with Crippen LogP contribution in [0, 0.1) is 0 Å². The predicted molar refractivity (Wildman–Crippen MR) is 87.2 cm³/mol. The van der Waals surface area contributed by atoms with E-state index in [1.54, 1.807) is 0 Å². The van der Waals surface area contributed by atoms with E-state index in [4.69, 9.17) is 11.6 Å². The zero-order chi connectivity index (χ0) is 14.5. The van der Waals surface area contributed by atoms with E-state index in [9.17, 15) is 0 Å². The van der Waals surface area contributed by atoms with E-state index in [1.165, 1.54) is 0 Å². The molecule has 1 atom stereocenters. The van der Waals surface area contributed by atoms with Gasteiger partial charge < -0.3 is 9.88 Å². The van der Waals surface area contributed by atoms with Gasteiger partial charge in [0.1, 0.15) is 5.82 Å². The minimum absolute atomic E-state index is 0.00606. The molecule has 1 aromatic heterocycles. The Morgan fingerprint density at radius 2 is 2.20 bits per heavy atom. The number of benzene rings is 1. The second-order valence-electron chi connectivity index (χ2n) is 4.61. The number of aromatic nitrogens is 2. The number of hydrogen-bond acceptors (Lipinski definition) is 2. The van der Waals surface area contributed by atoms with Crippen LogP contribution in [0.4, 0.5) is 0 Å². The third-order valence-electron chi connectivity index (χ3n) is 3.17. The molecule has 0 saturated heterocycles. The summed E-state index contributed by atoms with van der Waals surface area (Å²) in [6.07, 6.45) is 4.95. The number of hydrogen-bond donors (Lipinski definition) is 1. The van der Waals surface area contributed by atoms with Crippen molar-refractivity contribution in [3.8, 4) is 0 Å². The molecule has 0 radical (unpaired) electrons. The lowest BCUT2D eigenvalue weighted by Crippen LogP contribution is -2.25. The molecule has 1 N–H and O–H groups in total. The van der Waals surface area contributed by atoms with Gasteiger partial charge in [0.2, 0.25) is 0 Å². The third kappa shape index (κ3) is 3.25. The fourth-order valence-electron chi connectivity index (χ4n) is 2.30. The van der Waals surface area contributed by atoms with Gasteiger partial charge in [0.15, 0.2) is 0 Å². The molecule has 0 fully saturated rings. The van der Waals surface area contributed by atoms with Crippen LogP contribution in [-0.2, 0) is 6.54 Å². The average Bonchev–Trinajstić information content (AvgIpc) is 2.88. The highest BCUT2D eigenvalue weighted by Crippen LogP contribution is 2.32. The smallest absolute Gasteiger partial charge is 0.130 e. The Bertz CT molecular complexity index is 568. The highest BCUT2D eigenvalue weighted by Gasteiger charge is 2.21. The van der Waals surface area contributed by atoms with Gasteiger partial charge in [0, 0.05) is 23.4 Å². The monoisotopic (exact) mass is 355 g/mol. The van der Waals surface area contributed by atoms with Crippen molar-refractivity contribution in [1.82, 2.24) is 14.9 Å². The largest absolute Gasteiger partial charge is 0.333 e. The van der Waals surface area contributed by atoms with Crippen LogP contribution in [0.3, 0.4) is 0 Å². The number of nitrogens with one attached hydrogen (secondary N) is 1. The Kier molecular flexibility index (Phi) is 5.64. The molecule has 0 aliphatic rings. The topological polar surface area (TPSA) is 29.9 Å². The molecule has 1 aromatic carbocycles. The molecule has 2 aromatic rings. The van der Waals surface area contributed by atoms with Crippen molar-refractivity contribution < 1.29 is 0 Å². The first-order chi connectivity index (χ1) is 9.69. The summed E-state index contributed by atoms with van der Waals surface area (Å²) in [6, 6.07) is 6.01. The molecule has 1 heterocycles. The Labute approximate surface area is 133 Å². The summed E-state index contributed by atoms with van der Waals surface area (Å²) in [5.74, 6) is 1.01. The zero-order valence-corrected chi connectivity index (χ0v) is 14.1. The summed E-state index contributed by atoms with van der Waals surface area (Å²) in [7, 11) is 0. The van der Waals surface area contributed by atoms with Crippen molar-refractivity contribution in [2.45, 2.75) is 32.9 Å². The first kappa shape index (κ1) is 15.5. The van der Waals surface area contributed by atoms with Gasteiger partial charge in [-0.25, -0.2) is 4.98 Å². The summed E-state index contributed by atoms with van der Waals surface area (Å²) in [5.41, 5.74) is 1.05. The molecule has 108 valence electrons. The molecule has 0 saturated carbocycles. The van der Waals surface area contributed by atoms with Gasteiger partial charge in [-0.15, -0.1) is 0 Å². The van der Waals surface area contributed by atoms with Crippen LogP contribution in [0.25, 0.3) is 0 Å². The van der Waals surface area contributed by atoms with E-state index in [1.807, 2.05) is 30.6 Å². The molecule has 0 spiro atoms. The van der Waals surface area contributed by atoms with Crippen molar-refractivity contribution in [3.63, 3.8) is 0 Å². The highest BCUT2D eigenvalue weighted by molar-refractivity contribution is 9.10. The fraction of sp³-hybridized carbons (Fsp3) is 0.400. The summed E-state index contributed by atoms with van der Waals surface area (Å²) >= 11 is 9.94. The number of halogens is 2. The van der Waals surface area contributed by atoms with Gasteiger partial charge in [-0.1, -0.05) is 37.6 Å². The average molecular weight is 357 g/mol. The Hall–Kier alpha value is -0.840. The van der Waals surface area contributed by atoms with Crippen molar-refractivity contribution >= 4 is 27.5 Å². The second kappa shape index (κ2) is 7.25. The normalized spacial score (nSPS) is 12.6. The Balaban J connectivity index is 2.45. The van der Waals surface area contributed by atoms with Crippen molar-refractivity contribution in [2.75, 3.05) is 6.54 Å². The molecule has 0 aliphatic carbocycles. The van der Waals surface area contributed by atoms with E-state index in [-0.39, 0.29) is 6.04 Å². The van der Waals surface area contributed by atoms with E-state index in [0.717, 1.165) is 40.4 Å². The molecule has 1 unspecified atom stereocenters. The van der Waals surface area contributed by atoms with Crippen LogP contribution in [0.2, 0.25) is 5.02 Å². The van der Waals surface area contributed by atoms with Crippen LogP contribution < -0.4 is 5.32 Å². The van der Waals surface area contributed by atoms with Gasteiger partial charge in [-0.05, 0) is 40.5 Å². The highest BCUT2D eigenvalue weighted by atomic mass is 79.9. The number of aryl methyl sites for hydroxylation is 1. The first-order valence-electron chi connectivity index (χ1n) is 6.87. The minimum Gasteiger partial charge on any atom is -0.333 e. The maximum Gasteiger partial charge on any atom is 0.130 e. The molecule has 5 heteroatoms. The van der Waals surface area contributed by atoms with Gasteiger partial charge in [-0.2, -0.15) is 0 Å². The second-order valence-corrected chi connectivity index (χ2v) is 5.84. The number of nitrogens with zero attached hydrogens (tertiary/aromatic N) is 2. The lowest BCUT2D eigenvalue weighted by atomic mass is 10.1. The van der Waals surface area contributed by atoms with E-state index in [0.29, 0.717) is 0 Å². The Morgan fingerprint density at radius 3 is 2.90 bits per heavy atom. The van der Waals surface area contributed by atoms with Crippen LogP contribution in [0.5, 0.6) is 0 Å². The van der Waals surface area contributed by atoms with Crippen LogP contribution in [0.15, 0.2) is 35.1 Å². The summed E-state index contributed by atoms with van der Waals surface area (Å²) in [6.45, 7) is 6.07. The molecule has 0 bridgehead atoms. The quantitative estimate of drug-likeness (QED) is 0.831. The van der Waals surface area contributed by atoms with Crippen molar-refractivity contribution in [3.05, 3.63) is 51.5 Å². The third-order valence-corrected chi connectivity index (χ3v) is 4.48. The Morgan fingerprint density at radius 1 is 1.40 bits per heavy atom. The lowest BCUT2D eigenvalue weighted by molar-refractivity contribution is 0.544. The number of rotatable bonds is 6. The maximum absolute atomic E-state index is 6.45. The lowest BCUT2D eigenvalue weighted by Gasteiger charge is -2.21. The molecule has 0 amide bonds. The number of imidazole rings is 1. The van der Waals surface area contributed by atoms with Gasteiger partial charge in [0.05, 0.1) is 11.1 Å². The fourth-order valence-corrected chi connectivity index (χ4v) is 2.92. The summed E-state index contributed by atoms with van der Waals surface area (Å²) in [4.78, 5) is 4.53. The molecular weight excluding hydrogens is 338 g/mol. The standard InChI is InChI=1S/C15H19BrClN3/c1-3-9-20-10-8-19-15(20)14(18-4-2)11-6-5-7-12(16)13(11)17/h5-8,10,14,18H,3-4,9H2,1-2H3. The van der Waals surface area contributed by atoms with Crippen molar-refractivity contribution in [2.24, 2.45) is 0 Å². The summed E-state index contributed by atoms with van der Waals surface area (Å²) < 4.78 is 3.10. The molecule has 2 rings (SSSR count). The van der Waals surface area contributed by atoms with Gasteiger partial charge in [-0.3, -0.25) is 0 Å². The SMILES string of the molecule is CCCn1ccnc1C(NCC)c1cccc(Br)c1Cl. The van der Waals surface area contributed by atoms with Crippen molar-refractivity contribution in [1.29, 1.82) is 0 Å². The van der Waals surface area contributed by atoms with Gasteiger partial charge in [0.25, 0.3) is 0 Å². The van der Waals surface area contributed by atoms with Crippen LogP contribution in [0.1, 0.15) is 37.7 Å². The molecule has 20 heavy (non-hydrogen) atoms. The maximum atomic E-state index is 6.45. The first-order valence-corrected chi connectivity index (χ1v) is 8.04.